The molecule has 170 valence electrons. The molecule has 0 saturated carbocycles. The fourth-order valence-electron chi connectivity index (χ4n) is 3.18. The van der Waals surface area contributed by atoms with Gasteiger partial charge in [-0.05, 0) is 61.9 Å². The summed E-state index contributed by atoms with van der Waals surface area (Å²) in [6, 6.07) is 21.1. The summed E-state index contributed by atoms with van der Waals surface area (Å²) < 4.78 is 27.5. The third kappa shape index (κ3) is 6.15. The molecule has 0 aliphatic rings. The maximum Gasteiger partial charge on any atom is 0.261 e. The molecular formula is C24H24N4O3S2. The number of hydrogen-bond donors (Lipinski definition) is 3. The number of nitrogens with zero attached hydrogens (tertiary/aromatic N) is 1. The van der Waals surface area contributed by atoms with Gasteiger partial charge in [0.1, 0.15) is 0 Å². The van der Waals surface area contributed by atoms with E-state index in [-0.39, 0.29) is 10.8 Å². The number of nitrogens with one attached hydrogen (secondary N) is 3. The van der Waals surface area contributed by atoms with Crippen LogP contribution in [0.5, 0.6) is 0 Å². The quantitative estimate of drug-likeness (QED) is 0.226. The molecule has 33 heavy (non-hydrogen) atoms. The van der Waals surface area contributed by atoms with Crippen LogP contribution >= 0.6 is 11.8 Å². The van der Waals surface area contributed by atoms with Crippen LogP contribution in [0.15, 0.2) is 82.8 Å². The third-order valence-electron chi connectivity index (χ3n) is 4.91. The van der Waals surface area contributed by atoms with Gasteiger partial charge in [-0.15, -0.1) is 0 Å². The minimum Gasteiger partial charge on any atom is -0.333 e. The van der Waals surface area contributed by atoms with Crippen LogP contribution in [0, 0.1) is 6.92 Å². The van der Waals surface area contributed by atoms with Gasteiger partial charge in [0.25, 0.3) is 10.0 Å². The molecule has 1 amide bonds. The second-order valence-corrected chi connectivity index (χ2v) is 10.3. The molecule has 0 fully saturated rings. The number of sulfonamides is 1. The van der Waals surface area contributed by atoms with Crippen molar-refractivity contribution in [1.82, 2.24) is 9.97 Å². The average molecular weight is 481 g/mol. The molecule has 1 aromatic heterocycles. The van der Waals surface area contributed by atoms with Crippen molar-refractivity contribution in [1.29, 1.82) is 0 Å². The van der Waals surface area contributed by atoms with Crippen molar-refractivity contribution >= 4 is 50.1 Å². The molecule has 0 bridgehead atoms. The number of carbonyl (C=O) groups excluding carboxylic acids is 1. The van der Waals surface area contributed by atoms with Gasteiger partial charge < -0.3 is 10.3 Å². The van der Waals surface area contributed by atoms with Gasteiger partial charge in [-0.25, -0.2) is 13.4 Å². The smallest absolute Gasteiger partial charge is 0.261 e. The van der Waals surface area contributed by atoms with Crippen LogP contribution in [0.3, 0.4) is 0 Å². The zero-order valence-electron chi connectivity index (χ0n) is 18.0. The lowest BCUT2D eigenvalue weighted by Crippen LogP contribution is -2.13. The molecule has 9 heteroatoms. The van der Waals surface area contributed by atoms with Crippen LogP contribution < -0.4 is 10.0 Å². The number of hydrogen-bond acceptors (Lipinski definition) is 5. The number of fused-ring (bicyclic) bond motifs is 1. The summed E-state index contributed by atoms with van der Waals surface area (Å²) in [5.74, 6) is 0.681. The largest absolute Gasteiger partial charge is 0.333 e. The first kappa shape index (κ1) is 22.9. The van der Waals surface area contributed by atoms with Crippen molar-refractivity contribution in [3.8, 4) is 0 Å². The Balaban J connectivity index is 1.23. The average Bonchev–Trinajstić information content (AvgIpc) is 3.21. The Bertz CT molecular complexity index is 1320. The highest BCUT2D eigenvalue weighted by molar-refractivity contribution is 7.99. The SMILES string of the molecule is Cc1ccc(S(=O)(=O)Nc2ccc(NC(=O)CCCSc3nc4ccccc4[nH]3)cc2)cc1. The Labute approximate surface area is 197 Å². The zero-order chi connectivity index (χ0) is 23.3. The number of amides is 1. The molecule has 0 aliphatic carbocycles. The van der Waals surface area contributed by atoms with Crippen LogP contribution in [0.25, 0.3) is 11.0 Å². The van der Waals surface area contributed by atoms with Crippen LogP contribution in [-0.2, 0) is 14.8 Å². The first-order valence-electron chi connectivity index (χ1n) is 10.5. The number of carbonyl (C=O) groups is 1. The molecule has 7 nitrogen and oxygen atoms in total. The Morgan fingerprint density at radius 1 is 0.970 bits per heavy atom. The summed E-state index contributed by atoms with van der Waals surface area (Å²) in [6.45, 7) is 1.90. The number of para-hydroxylation sites is 2. The zero-order valence-corrected chi connectivity index (χ0v) is 19.7. The lowest BCUT2D eigenvalue weighted by Gasteiger charge is -2.10. The van der Waals surface area contributed by atoms with Gasteiger partial charge in [-0.2, -0.15) is 0 Å². The van der Waals surface area contributed by atoms with Crippen LogP contribution in [0.4, 0.5) is 11.4 Å². The lowest BCUT2D eigenvalue weighted by atomic mass is 10.2. The van der Waals surface area contributed by atoms with Crippen LogP contribution in [0.1, 0.15) is 18.4 Å². The maximum atomic E-state index is 12.5. The first-order valence-corrected chi connectivity index (χ1v) is 12.9. The molecule has 0 spiro atoms. The number of thioether (sulfide) groups is 1. The predicted octanol–water partition coefficient (Wildman–Crippen LogP) is 5.18. The summed E-state index contributed by atoms with van der Waals surface area (Å²) in [5.41, 5.74) is 3.96. The monoisotopic (exact) mass is 480 g/mol. The summed E-state index contributed by atoms with van der Waals surface area (Å²) in [4.78, 5) is 20.2. The van der Waals surface area contributed by atoms with E-state index in [1.54, 1.807) is 60.3 Å². The number of aryl methyl sites for hydroxylation is 1. The highest BCUT2D eigenvalue weighted by atomic mass is 32.2. The molecule has 0 radical (unpaired) electrons. The molecule has 3 aromatic carbocycles. The van der Waals surface area contributed by atoms with Crippen molar-refractivity contribution < 1.29 is 13.2 Å². The van der Waals surface area contributed by atoms with Gasteiger partial charge in [-0.1, -0.05) is 41.6 Å². The highest BCUT2D eigenvalue weighted by Gasteiger charge is 2.14. The van der Waals surface area contributed by atoms with Crippen molar-refractivity contribution in [2.24, 2.45) is 0 Å². The summed E-state index contributed by atoms with van der Waals surface area (Å²) in [5, 5.41) is 3.69. The molecule has 4 aromatic rings. The van der Waals surface area contributed by atoms with E-state index in [0.29, 0.717) is 24.2 Å². The van der Waals surface area contributed by atoms with Gasteiger partial charge in [-0.3, -0.25) is 9.52 Å². The Kier molecular flexibility index (Phi) is 7.00. The van der Waals surface area contributed by atoms with Gasteiger partial charge in [0.15, 0.2) is 5.16 Å². The summed E-state index contributed by atoms with van der Waals surface area (Å²) in [6.07, 6.45) is 1.09. The van der Waals surface area contributed by atoms with E-state index < -0.39 is 10.0 Å². The molecular weight excluding hydrogens is 456 g/mol. The number of imidazole rings is 1. The lowest BCUT2D eigenvalue weighted by molar-refractivity contribution is -0.116. The number of benzene rings is 3. The summed E-state index contributed by atoms with van der Waals surface area (Å²) >= 11 is 1.59. The first-order chi connectivity index (χ1) is 15.9. The van der Waals surface area contributed by atoms with Crippen LogP contribution in [0.2, 0.25) is 0 Å². The Morgan fingerprint density at radius 2 is 1.67 bits per heavy atom. The van der Waals surface area contributed by atoms with E-state index in [1.807, 2.05) is 31.2 Å². The Hall–Kier alpha value is -3.30. The van der Waals surface area contributed by atoms with Gasteiger partial charge in [0, 0.05) is 23.5 Å². The number of anilines is 2. The van der Waals surface area contributed by atoms with Crippen molar-refractivity contribution in [3.63, 3.8) is 0 Å². The number of rotatable bonds is 9. The Morgan fingerprint density at radius 3 is 2.39 bits per heavy atom. The van der Waals surface area contributed by atoms with Gasteiger partial charge in [0.2, 0.25) is 5.91 Å². The number of H-pyrrole nitrogens is 1. The topological polar surface area (TPSA) is 104 Å². The molecule has 0 saturated heterocycles. The molecule has 0 aliphatic heterocycles. The van der Waals surface area contributed by atoms with E-state index in [1.165, 1.54) is 0 Å². The third-order valence-corrected chi connectivity index (χ3v) is 7.26. The fourth-order valence-corrected chi connectivity index (χ4v) is 5.06. The van der Waals surface area contributed by atoms with E-state index in [9.17, 15) is 13.2 Å². The minimum atomic E-state index is -3.66. The van der Waals surface area contributed by atoms with E-state index in [4.69, 9.17) is 0 Å². The van der Waals surface area contributed by atoms with Crippen molar-refractivity contribution in [2.45, 2.75) is 29.8 Å². The molecule has 0 unspecified atom stereocenters. The van der Waals surface area contributed by atoms with E-state index in [2.05, 4.69) is 20.0 Å². The number of aromatic amines is 1. The molecule has 0 atom stereocenters. The predicted molar refractivity (Wildman–Crippen MR) is 133 cm³/mol. The minimum absolute atomic E-state index is 0.0896. The van der Waals surface area contributed by atoms with Crippen LogP contribution in [-0.4, -0.2) is 30.0 Å². The second-order valence-electron chi connectivity index (χ2n) is 7.56. The highest BCUT2D eigenvalue weighted by Crippen LogP contribution is 2.21. The fraction of sp³-hybridized carbons (Fsp3) is 0.167. The number of aromatic nitrogens is 2. The standard InChI is InChI=1S/C24H24N4O3S2/c1-17-8-14-20(15-9-17)33(30,31)28-19-12-10-18(11-13-19)25-23(29)7-4-16-32-24-26-21-5-2-3-6-22(21)27-24/h2-3,5-6,8-15,28H,4,7,16H2,1H3,(H,25,29)(H,26,27). The van der Waals surface area contributed by atoms with Gasteiger partial charge in [0.05, 0.1) is 15.9 Å². The molecule has 4 rings (SSSR count). The summed E-state index contributed by atoms with van der Waals surface area (Å²) in [7, 11) is -3.66. The maximum absolute atomic E-state index is 12.5. The second kappa shape index (κ2) is 10.1. The molecule has 1 heterocycles. The van der Waals surface area contributed by atoms with Gasteiger partial charge >= 0.3 is 0 Å². The van der Waals surface area contributed by atoms with E-state index >= 15 is 0 Å². The van der Waals surface area contributed by atoms with Crippen molar-refractivity contribution in [3.05, 3.63) is 78.4 Å². The van der Waals surface area contributed by atoms with E-state index in [0.717, 1.165) is 27.5 Å². The van der Waals surface area contributed by atoms with Crippen molar-refractivity contribution in [2.75, 3.05) is 15.8 Å². The normalized spacial score (nSPS) is 11.4. The molecule has 3 N–H and O–H groups in total.